The van der Waals surface area contributed by atoms with Crippen molar-refractivity contribution in [2.24, 2.45) is 0 Å². The summed E-state index contributed by atoms with van der Waals surface area (Å²) >= 11 is 1.64. The lowest BCUT2D eigenvalue weighted by molar-refractivity contribution is -0.137. The number of aliphatic carboxylic acids is 1. The van der Waals surface area contributed by atoms with Crippen molar-refractivity contribution in [3.8, 4) is 0 Å². The van der Waals surface area contributed by atoms with Crippen LogP contribution in [0.2, 0.25) is 0 Å². The standard InChI is InChI=1S/C28H42N2O2S/c1-21(2)10-7-11-23(5)12-8-14-25(16-15-22(3)4)17-19-33-20-26(28(31)32)30-27-24(6)13-9-18-29-27/h9-10,12-13,15,17-18,26H,7-8,11,14,16,19-20H2,1-6H3,(H,29,30)(H,31,32). The van der Waals surface area contributed by atoms with Gasteiger partial charge >= 0.3 is 5.97 Å². The summed E-state index contributed by atoms with van der Waals surface area (Å²) in [4.78, 5) is 16.0. The molecule has 33 heavy (non-hydrogen) atoms. The van der Waals surface area contributed by atoms with Crippen molar-refractivity contribution in [2.45, 2.75) is 79.7 Å². The van der Waals surface area contributed by atoms with E-state index in [1.165, 1.54) is 22.3 Å². The molecule has 1 aromatic heterocycles. The minimum atomic E-state index is -0.852. The van der Waals surface area contributed by atoms with E-state index in [1.54, 1.807) is 18.0 Å². The number of aryl methyl sites for hydroxylation is 1. The normalized spacial score (nSPS) is 12.8. The molecular formula is C28H42N2O2S. The second kappa shape index (κ2) is 16.4. The Bertz CT molecular complexity index is 860. The summed E-state index contributed by atoms with van der Waals surface area (Å²) in [5, 5.41) is 12.7. The minimum absolute atomic E-state index is 0.487. The highest BCUT2D eigenvalue weighted by molar-refractivity contribution is 7.99. The van der Waals surface area contributed by atoms with Gasteiger partial charge in [0.1, 0.15) is 11.9 Å². The van der Waals surface area contributed by atoms with Gasteiger partial charge in [-0.05, 0) is 85.3 Å². The Hall–Kier alpha value is -2.27. The number of nitrogens with one attached hydrogen (secondary N) is 1. The molecule has 0 amide bonds. The summed E-state index contributed by atoms with van der Waals surface area (Å²) in [5.41, 5.74) is 6.51. The van der Waals surface area contributed by atoms with Crippen LogP contribution in [0.15, 0.2) is 64.9 Å². The highest BCUT2D eigenvalue weighted by Crippen LogP contribution is 2.18. The molecule has 0 fully saturated rings. The number of aromatic nitrogens is 1. The van der Waals surface area contributed by atoms with E-state index in [0.29, 0.717) is 11.6 Å². The molecule has 0 radical (unpaired) electrons. The first-order chi connectivity index (χ1) is 15.7. The smallest absolute Gasteiger partial charge is 0.327 e. The lowest BCUT2D eigenvalue weighted by Crippen LogP contribution is -2.32. The topological polar surface area (TPSA) is 62.2 Å². The number of nitrogens with zero attached hydrogens (tertiary/aromatic N) is 1. The number of rotatable bonds is 15. The molecule has 0 aliphatic rings. The van der Waals surface area contributed by atoms with E-state index in [2.05, 4.69) is 69.2 Å². The van der Waals surface area contributed by atoms with Crippen molar-refractivity contribution >= 4 is 23.5 Å². The number of thioether (sulfide) groups is 1. The van der Waals surface area contributed by atoms with Crippen molar-refractivity contribution < 1.29 is 9.90 Å². The molecule has 5 heteroatoms. The van der Waals surface area contributed by atoms with Crippen molar-refractivity contribution in [2.75, 3.05) is 16.8 Å². The Morgan fingerprint density at radius 1 is 1.06 bits per heavy atom. The van der Waals surface area contributed by atoms with E-state index in [-0.39, 0.29) is 0 Å². The quantitative estimate of drug-likeness (QED) is 0.203. The predicted molar refractivity (Wildman–Crippen MR) is 145 cm³/mol. The van der Waals surface area contributed by atoms with E-state index in [9.17, 15) is 9.90 Å². The van der Waals surface area contributed by atoms with Crippen LogP contribution >= 0.6 is 11.8 Å². The number of carboxylic acids is 1. The average Bonchev–Trinajstić information content (AvgIpc) is 2.74. The van der Waals surface area contributed by atoms with Crippen LogP contribution in [0.4, 0.5) is 5.82 Å². The van der Waals surface area contributed by atoms with Crippen molar-refractivity contribution in [3.05, 3.63) is 70.5 Å². The summed E-state index contributed by atoms with van der Waals surface area (Å²) < 4.78 is 0. The third kappa shape index (κ3) is 13.8. The van der Waals surface area contributed by atoms with Crippen LogP contribution in [-0.4, -0.2) is 33.6 Å². The number of allylic oxidation sites excluding steroid dienone is 7. The molecule has 4 nitrogen and oxygen atoms in total. The number of anilines is 1. The van der Waals surface area contributed by atoms with E-state index in [4.69, 9.17) is 0 Å². The maximum atomic E-state index is 11.7. The largest absolute Gasteiger partial charge is 0.480 e. The zero-order chi connectivity index (χ0) is 24.6. The van der Waals surface area contributed by atoms with Crippen molar-refractivity contribution in [1.82, 2.24) is 4.98 Å². The summed E-state index contributed by atoms with van der Waals surface area (Å²) in [6.45, 7) is 12.7. The zero-order valence-corrected chi connectivity index (χ0v) is 22.1. The predicted octanol–water partition coefficient (Wildman–Crippen LogP) is 7.74. The first-order valence-corrected chi connectivity index (χ1v) is 12.9. The average molecular weight is 471 g/mol. The van der Waals surface area contributed by atoms with Gasteiger partial charge in [-0.25, -0.2) is 9.78 Å². The van der Waals surface area contributed by atoms with Crippen LogP contribution in [0.3, 0.4) is 0 Å². The molecule has 1 heterocycles. The molecule has 0 saturated carbocycles. The Kier molecular flexibility index (Phi) is 14.3. The summed E-state index contributed by atoms with van der Waals surface area (Å²) in [6, 6.07) is 3.12. The minimum Gasteiger partial charge on any atom is -0.480 e. The first kappa shape index (κ1) is 28.8. The Morgan fingerprint density at radius 2 is 1.76 bits per heavy atom. The Morgan fingerprint density at radius 3 is 2.39 bits per heavy atom. The van der Waals surface area contributed by atoms with Crippen LogP contribution in [0.5, 0.6) is 0 Å². The van der Waals surface area contributed by atoms with Crippen LogP contribution in [0.25, 0.3) is 0 Å². The number of carboxylic acid groups (broad SMARTS) is 1. The van der Waals surface area contributed by atoms with Gasteiger partial charge in [0.05, 0.1) is 0 Å². The second-order valence-corrected chi connectivity index (χ2v) is 10.1. The van der Waals surface area contributed by atoms with Crippen molar-refractivity contribution in [3.63, 3.8) is 0 Å². The number of carbonyl (C=O) groups is 1. The maximum absolute atomic E-state index is 11.7. The fourth-order valence-electron chi connectivity index (χ4n) is 3.16. The molecule has 0 aromatic carbocycles. The van der Waals surface area contributed by atoms with Crippen LogP contribution in [0, 0.1) is 6.92 Å². The zero-order valence-electron chi connectivity index (χ0n) is 21.3. The lowest BCUT2D eigenvalue weighted by Gasteiger charge is -2.16. The van der Waals surface area contributed by atoms with E-state index < -0.39 is 12.0 Å². The lowest BCUT2D eigenvalue weighted by atomic mass is 10.0. The molecule has 0 aliphatic carbocycles. The van der Waals surface area contributed by atoms with Gasteiger partial charge in [0.25, 0.3) is 0 Å². The highest BCUT2D eigenvalue weighted by Gasteiger charge is 2.18. The molecule has 0 saturated heterocycles. The molecule has 1 atom stereocenters. The van der Waals surface area contributed by atoms with Crippen molar-refractivity contribution in [1.29, 1.82) is 0 Å². The Labute approximate surface area is 205 Å². The Balaban J connectivity index is 2.62. The first-order valence-electron chi connectivity index (χ1n) is 11.8. The number of hydrogen-bond acceptors (Lipinski definition) is 4. The third-order valence-electron chi connectivity index (χ3n) is 5.21. The molecule has 1 unspecified atom stereocenters. The fourth-order valence-corrected chi connectivity index (χ4v) is 4.11. The fraction of sp³-hybridized carbons (Fsp3) is 0.500. The van der Waals surface area contributed by atoms with Gasteiger partial charge in [-0.1, -0.05) is 52.7 Å². The molecule has 0 bridgehead atoms. The van der Waals surface area contributed by atoms with Gasteiger partial charge in [-0.2, -0.15) is 11.8 Å². The van der Waals surface area contributed by atoms with Crippen LogP contribution in [0.1, 0.15) is 72.3 Å². The summed E-state index contributed by atoms with van der Waals surface area (Å²) in [6.07, 6.45) is 16.2. The maximum Gasteiger partial charge on any atom is 0.327 e. The van der Waals surface area contributed by atoms with Gasteiger partial charge < -0.3 is 10.4 Å². The molecule has 1 rings (SSSR count). The molecule has 0 spiro atoms. The van der Waals surface area contributed by atoms with Gasteiger partial charge in [-0.3, -0.25) is 0 Å². The summed E-state index contributed by atoms with van der Waals surface area (Å²) in [5.74, 6) is 1.08. The molecular weight excluding hydrogens is 428 g/mol. The third-order valence-corrected chi connectivity index (χ3v) is 6.19. The second-order valence-electron chi connectivity index (χ2n) is 9.00. The molecule has 1 aromatic rings. The van der Waals surface area contributed by atoms with Crippen LogP contribution < -0.4 is 5.32 Å². The SMILES string of the molecule is CC(C)=CCCC(C)=CCCC(=CCSCC(Nc1ncccc1C)C(=O)O)CC=C(C)C. The molecule has 182 valence electrons. The van der Waals surface area contributed by atoms with Gasteiger partial charge in [0.2, 0.25) is 0 Å². The molecule has 2 N–H and O–H groups in total. The van der Waals surface area contributed by atoms with Crippen LogP contribution in [-0.2, 0) is 4.79 Å². The van der Waals surface area contributed by atoms with E-state index >= 15 is 0 Å². The van der Waals surface area contributed by atoms with E-state index in [0.717, 1.165) is 43.4 Å². The highest BCUT2D eigenvalue weighted by atomic mass is 32.2. The number of hydrogen-bond donors (Lipinski definition) is 2. The summed E-state index contributed by atoms with van der Waals surface area (Å²) in [7, 11) is 0. The van der Waals surface area contributed by atoms with Gasteiger partial charge in [-0.15, -0.1) is 0 Å². The van der Waals surface area contributed by atoms with E-state index in [1.807, 2.05) is 19.1 Å². The van der Waals surface area contributed by atoms with Gasteiger partial charge in [0.15, 0.2) is 0 Å². The monoisotopic (exact) mass is 470 g/mol. The van der Waals surface area contributed by atoms with Gasteiger partial charge in [0, 0.05) is 17.7 Å². The molecule has 0 aliphatic heterocycles. The number of pyridine rings is 1.